The van der Waals surface area contributed by atoms with Gasteiger partial charge in [0.05, 0.1) is 17.8 Å². The number of hydrogen-bond acceptors (Lipinski definition) is 4. The minimum Gasteiger partial charge on any atom is -0.294 e. The number of rotatable bonds is 6. The van der Waals surface area contributed by atoms with Crippen LogP contribution in [0.4, 0.5) is 5.69 Å². The highest BCUT2D eigenvalue weighted by molar-refractivity contribution is 7.93. The number of anilines is 1. The summed E-state index contributed by atoms with van der Waals surface area (Å²) >= 11 is 6.16. The second kappa shape index (κ2) is 8.69. The van der Waals surface area contributed by atoms with Gasteiger partial charge in [0.15, 0.2) is 0 Å². The first-order valence-electron chi connectivity index (χ1n) is 9.68. The molecule has 0 saturated carbocycles. The lowest BCUT2D eigenvalue weighted by molar-refractivity contribution is 0.383. The molecule has 4 unspecified atom stereocenters. The van der Waals surface area contributed by atoms with Crippen molar-refractivity contribution in [3.05, 3.63) is 53.1 Å². The average Bonchev–Trinajstić information content (AvgIpc) is 2.76. The molecule has 0 saturated heterocycles. The van der Waals surface area contributed by atoms with Crippen molar-refractivity contribution in [3.63, 3.8) is 0 Å². The standard InChI is InChI=1S/C21H26ClN3O2S/c1-3-4-5-8-16(14-23)24-21-17-9-6-7-10-19(17)25(2)28(26,27)20-13-15(22)11-12-18(20)21/h6-7,9-13,16,18,20-21,24H,3-5,8H2,1-2H3. The summed E-state index contributed by atoms with van der Waals surface area (Å²) in [5.74, 6) is -0.347. The van der Waals surface area contributed by atoms with Crippen molar-refractivity contribution in [3.8, 4) is 6.07 Å². The lowest BCUT2D eigenvalue weighted by Crippen LogP contribution is -2.42. The Labute approximate surface area is 172 Å². The Balaban J connectivity index is 2.05. The van der Waals surface area contributed by atoms with Crippen molar-refractivity contribution in [2.24, 2.45) is 5.92 Å². The van der Waals surface area contributed by atoms with Crippen LogP contribution in [-0.4, -0.2) is 26.8 Å². The molecule has 1 aromatic carbocycles. The molecule has 0 bridgehead atoms. The van der Waals surface area contributed by atoms with E-state index in [4.69, 9.17) is 11.6 Å². The summed E-state index contributed by atoms with van der Waals surface area (Å²) in [5, 5.41) is 12.8. The molecular formula is C21H26ClN3O2S. The number of para-hydroxylation sites is 1. The number of nitrogens with zero attached hydrogens (tertiary/aromatic N) is 2. The van der Waals surface area contributed by atoms with Gasteiger partial charge in [0.2, 0.25) is 10.0 Å². The second-order valence-electron chi connectivity index (χ2n) is 7.35. The lowest BCUT2D eigenvalue weighted by atomic mass is 9.86. The second-order valence-corrected chi connectivity index (χ2v) is 9.90. The summed E-state index contributed by atoms with van der Waals surface area (Å²) in [7, 11) is -2.06. The highest BCUT2D eigenvalue weighted by atomic mass is 35.5. The van der Waals surface area contributed by atoms with Crippen molar-refractivity contribution >= 4 is 27.3 Å². The van der Waals surface area contributed by atoms with E-state index in [0.29, 0.717) is 10.7 Å². The maximum atomic E-state index is 13.3. The van der Waals surface area contributed by atoms with E-state index in [1.165, 1.54) is 4.31 Å². The van der Waals surface area contributed by atoms with Gasteiger partial charge >= 0.3 is 0 Å². The highest BCUT2D eigenvalue weighted by Gasteiger charge is 2.44. The van der Waals surface area contributed by atoms with E-state index < -0.39 is 15.3 Å². The van der Waals surface area contributed by atoms with Crippen LogP contribution in [0.25, 0.3) is 0 Å². The molecule has 7 heteroatoms. The van der Waals surface area contributed by atoms with Crippen LogP contribution in [-0.2, 0) is 10.0 Å². The summed E-state index contributed by atoms with van der Waals surface area (Å²) in [6.45, 7) is 2.13. The number of sulfonamides is 1. The molecule has 1 aliphatic heterocycles. The minimum atomic E-state index is -3.64. The van der Waals surface area contributed by atoms with Crippen LogP contribution in [0.2, 0.25) is 0 Å². The fourth-order valence-electron chi connectivity index (χ4n) is 3.99. The Kier molecular flexibility index (Phi) is 6.49. The first-order chi connectivity index (χ1) is 13.4. The number of allylic oxidation sites excluding steroid dienone is 2. The smallest absolute Gasteiger partial charge is 0.242 e. The molecule has 0 radical (unpaired) electrons. The van der Waals surface area contributed by atoms with E-state index in [9.17, 15) is 13.7 Å². The van der Waals surface area contributed by atoms with Crippen molar-refractivity contribution in [2.75, 3.05) is 11.4 Å². The van der Waals surface area contributed by atoms with Crippen LogP contribution in [0.3, 0.4) is 0 Å². The van der Waals surface area contributed by atoms with E-state index in [0.717, 1.165) is 31.2 Å². The molecule has 1 N–H and O–H groups in total. The molecule has 1 aromatic rings. The normalized spacial score (nSPS) is 26.4. The summed E-state index contributed by atoms with van der Waals surface area (Å²) in [6.07, 6.45) is 9.08. The van der Waals surface area contributed by atoms with Gasteiger partial charge in [-0.05, 0) is 30.2 Å². The predicted molar refractivity (Wildman–Crippen MR) is 114 cm³/mol. The number of halogens is 1. The van der Waals surface area contributed by atoms with Gasteiger partial charge in [-0.25, -0.2) is 8.42 Å². The van der Waals surface area contributed by atoms with Crippen LogP contribution in [0.15, 0.2) is 47.5 Å². The molecule has 5 nitrogen and oxygen atoms in total. The van der Waals surface area contributed by atoms with Gasteiger partial charge in [-0.2, -0.15) is 5.26 Å². The predicted octanol–water partition coefficient (Wildman–Crippen LogP) is 4.25. The van der Waals surface area contributed by atoms with E-state index in [1.807, 2.05) is 30.3 Å². The van der Waals surface area contributed by atoms with Gasteiger partial charge in [0, 0.05) is 24.0 Å². The molecule has 3 rings (SSSR count). The Morgan fingerprint density at radius 2 is 2.07 bits per heavy atom. The zero-order valence-corrected chi connectivity index (χ0v) is 17.7. The first kappa shape index (κ1) is 20.9. The maximum Gasteiger partial charge on any atom is 0.242 e. The van der Waals surface area contributed by atoms with Crippen LogP contribution >= 0.6 is 11.6 Å². The molecule has 28 heavy (non-hydrogen) atoms. The number of benzene rings is 1. The van der Waals surface area contributed by atoms with Gasteiger partial charge in [0.1, 0.15) is 5.25 Å². The van der Waals surface area contributed by atoms with Gasteiger partial charge in [-0.1, -0.05) is 62.1 Å². The van der Waals surface area contributed by atoms with Gasteiger partial charge in [-0.3, -0.25) is 9.62 Å². The molecular weight excluding hydrogens is 394 g/mol. The molecule has 4 atom stereocenters. The van der Waals surface area contributed by atoms with Crippen molar-refractivity contribution in [2.45, 2.75) is 49.9 Å². The third kappa shape index (κ3) is 3.98. The zero-order chi connectivity index (χ0) is 20.3. The maximum absolute atomic E-state index is 13.3. The molecule has 0 spiro atoms. The minimum absolute atomic E-state index is 0.301. The van der Waals surface area contributed by atoms with E-state index in [-0.39, 0.29) is 18.0 Å². The van der Waals surface area contributed by atoms with Crippen LogP contribution in [0, 0.1) is 17.2 Å². The molecule has 0 amide bonds. The summed E-state index contributed by atoms with van der Waals surface area (Å²) < 4.78 is 27.9. The fraction of sp³-hybridized carbons (Fsp3) is 0.476. The lowest BCUT2D eigenvalue weighted by Gasteiger charge is -2.31. The quantitative estimate of drug-likeness (QED) is 0.699. The number of nitriles is 1. The molecule has 0 fully saturated rings. The first-order valence-corrected chi connectivity index (χ1v) is 11.6. The van der Waals surface area contributed by atoms with Crippen LogP contribution in [0.1, 0.15) is 44.2 Å². The van der Waals surface area contributed by atoms with Crippen LogP contribution in [0.5, 0.6) is 0 Å². The van der Waals surface area contributed by atoms with Crippen molar-refractivity contribution in [1.82, 2.24) is 5.32 Å². The topological polar surface area (TPSA) is 73.2 Å². The van der Waals surface area contributed by atoms with Gasteiger partial charge in [-0.15, -0.1) is 0 Å². The molecule has 1 heterocycles. The number of unbranched alkanes of at least 4 members (excludes halogenated alkanes) is 2. The third-order valence-corrected chi connectivity index (χ3v) is 7.89. The Morgan fingerprint density at radius 1 is 1.32 bits per heavy atom. The molecule has 1 aliphatic carbocycles. The number of hydrogen-bond donors (Lipinski definition) is 1. The third-order valence-electron chi connectivity index (χ3n) is 5.54. The molecule has 2 aliphatic rings. The largest absolute Gasteiger partial charge is 0.294 e. The van der Waals surface area contributed by atoms with E-state index in [1.54, 1.807) is 19.2 Å². The molecule has 0 aromatic heterocycles. The van der Waals surface area contributed by atoms with Gasteiger partial charge in [0.25, 0.3) is 0 Å². The Hall–Kier alpha value is -1.81. The highest BCUT2D eigenvalue weighted by Crippen LogP contribution is 2.43. The summed E-state index contributed by atoms with van der Waals surface area (Å²) in [6, 6.07) is 9.20. The van der Waals surface area contributed by atoms with Crippen LogP contribution < -0.4 is 9.62 Å². The number of nitrogens with one attached hydrogen (secondary N) is 1. The molecule has 150 valence electrons. The van der Waals surface area contributed by atoms with Crippen molar-refractivity contribution in [1.29, 1.82) is 5.26 Å². The summed E-state index contributed by atoms with van der Waals surface area (Å²) in [5.41, 5.74) is 1.52. The Bertz CT molecular complexity index is 920. The van der Waals surface area contributed by atoms with Gasteiger partial charge < -0.3 is 0 Å². The fourth-order valence-corrected chi connectivity index (χ4v) is 6.04. The number of fused-ring (bicyclic) bond motifs is 2. The SMILES string of the molecule is CCCCCC(C#N)NC1c2ccccc2N(C)S(=O)(=O)C2C=C(Cl)C=CC12. The Morgan fingerprint density at radius 3 is 2.79 bits per heavy atom. The van der Waals surface area contributed by atoms with Crippen molar-refractivity contribution < 1.29 is 8.42 Å². The van der Waals surface area contributed by atoms with E-state index >= 15 is 0 Å². The zero-order valence-electron chi connectivity index (χ0n) is 16.2. The average molecular weight is 420 g/mol. The summed E-state index contributed by atoms with van der Waals surface area (Å²) in [4.78, 5) is 0. The monoisotopic (exact) mass is 419 g/mol. The van der Waals surface area contributed by atoms with E-state index in [2.05, 4.69) is 18.3 Å².